The van der Waals surface area contributed by atoms with Crippen molar-refractivity contribution in [1.29, 1.82) is 0 Å². The summed E-state index contributed by atoms with van der Waals surface area (Å²) in [5.41, 5.74) is 8.78. The SMILES string of the molecule is c1ccc(-c2nc(-c3cccc4c3oc3ccc5ccccc5c34)nc(-n3c4ccccc4c4cc(-n5c6ccccc6c6ccccc65)ccc43)n2)cc1. The molecule has 6 heteroatoms. The second-order valence-corrected chi connectivity index (χ2v) is 14.0. The van der Waals surface area contributed by atoms with Gasteiger partial charge in [-0.05, 0) is 59.3 Å². The first-order valence-electron chi connectivity index (χ1n) is 18.5. The van der Waals surface area contributed by atoms with Crippen LogP contribution < -0.4 is 0 Å². The van der Waals surface area contributed by atoms with E-state index in [1.165, 1.54) is 27.2 Å². The average molecular weight is 704 g/mol. The molecule has 0 aliphatic rings. The zero-order chi connectivity index (χ0) is 36.0. The van der Waals surface area contributed by atoms with Crippen molar-refractivity contribution in [3.63, 3.8) is 0 Å². The van der Waals surface area contributed by atoms with Crippen LogP contribution in [0.4, 0.5) is 0 Å². The first-order valence-corrected chi connectivity index (χ1v) is 18.5. The summed E-state index contributed by atoms with van der Waals surface area (Å²) in [5.74, 6) is 1.68. The van der Waals surface area contributed by atoms with Crippen LogP contribution in [0.2, 0.25) is 0 Å². The molecule has 0 spiro atoms. The van der Waals surface area contributed by atoms with E-state index < -0.39 is 0 Å². The molecule has 12 rings (SSSR count). The summed E-state index contributed by atoms with van der Waals surface area (Å²) in [6, 6.07) is 61.4. The summed E-state index contributed by atoms with van der Waals surface area (Å²) in [4.78, 5) is 15.6. The van der Waals surface area contributed by atoms with Gasteiger partial charge < -0.3 is 8.98 Å². The molecule has 55 heavy (non-hydrogen) atoms. The van der Waals surface area contributed by atoms with E-state index in [4.69, 9.17) is 19.4 Å². The molecule has 4 heterocycles. The highest BCUT2D eigenvalue weighted by Crippen LogP contribution is 2.40. The van der Waals surface area contributed by atoms with Gasteiger partial charge >= 0.3 is 0 Å². The Morgan fingerprint density at radius 2 is 1.00 bits per heavy atom. The lowest BCUT2D eigenvalue weighted by Crippen LogP contribution is -2.06. The van der Waals surface area contributed by atoms with E-state index in [0.29, 0.717) is 17.6 Å². The van der Waals surface area contributed by atoms with Gasteiger partial charge in [0.25, 0.3) is 0 Å². The van der Waals surface area contributed by atoms with Crippen LogP contribution in [0.25, 0.3) is 111 Å². The van der Waals surface area contributed by atoms with Gasteiger partial charge in [-0.1, -0.05) is 127 Å². The van der Waals surface area contributed by atoms with Crippen LogP contribution in [0.5, 0.6) is 0 Å². The monoisotopic (exact) mass is 703 g/mol. The molecule has 256 valence electrons. The van der Waals surface area contributed by atoms with Gasteiger partial charge in [0, 0.05) is 43.6 Å². The summed E-state index contributed by atoms with van der Waals surface area (Å²) in [5, 5.41) is 9.15. The number of benzene rings is 8. The first kappa shape index (κ1) is 29.9. The minimum atomic E-state index is 0.540. The molecular formula is C49H29N5O. The Morgan fingerprint density at radius 3 is 1.76 bits per heavy atom. The molecule has 0 aliphatic carbocycles. The highest BCUT2D eigenvalue weighted by atomic mass is 16.3. The van der Waals surface area contributed by atoms with Crippen LogP contribution in [0, 0.1) is 0 Å². The Kier molecular flexibility index (Phi) is 6.24. The van der Waals surface area contributed by atoms with Crippen molar-refractivity contribution in [2.45, 2.75) is 0 Å². The fourth-order valence-electron chi connectivity index (χ4n) is 8.56. The summed E-state index contributed by atoms with van der Waals surface area (Å²) >= 11 is 0. The van der Waals surface area contributed by atoms with Crippen LogP contribution in [0.1, 0.15) is 0 Å². The van der Waals surface area contributed by atoms with Crippen LogP contribution in [-0.4, -0.2) is 24.1 Å². The smallest absolute Gasteiger partial charge is 0.238 e. The molecule has 0 unspecified atom stereocenters. The van der Waals surface area contributed by atoms with E-state index in [1.54, 1.807) is 0 Å². The molecule has 0 saturated heterocycles. The quantitative estimate of drug-likeness (QED) is 0.183. The van der Waals surface area contributed by atoms with Crippen molar-refractivity contribution >= 4 is 76.3 Å². The van der Waals surface area contributed by atoms with Gasteiger partial charge in [0.2, 0.25) is 5.95 Å². The van der Waals surface area contributed by atoms with Crippen LogP contribution in [0.15, 0.2) is 180 Å². The number of aromatic nitrogens is 5. The molecule has 8 aromatic carbocycles. The number of para-hydroxylation sites is 4. The van der Waals surface area contributed by atoms with Crippen molar-refractivity contribution in [2.75, 3.05) is 0 Å². The lowest BCUT2D eigenvalue weighted by Gasteiger charge is -2.12. The van der Waals surface area contributed by atoms with E-state index in [1.807, 2.05) is 36.4 Å². The highest BCUT2D eigenvalue weighted by Gasteiger charge is 2.22. The molecule has 4 aromatic heterocycles. The molecule has 12 aromatic rings. The van der Waals surface area contributed by atoms with Gasteiger partial charge in [0.05, 0.1) is 27.6 Å². The van der Waals surface area contributed by atoms with Gasteiger partial charge in [0.15, 0.2) is 11.6 Å². The maximum absolute atomic E-state index is 6.66. The lowest BCUT2D eigenvalue weighted by atomic mass is 10.0. The summed E-state index contributed by atoms with van der Waals surface area (Å²) in [6.07, 6.45) is 0. The zero-order valence-electron chi connectivity index (χ0n) is 29.4. The van der Waals surface area contributed by atoms with Crippen molar-refractivity contribution in [3.05, 3.63) is 176 Å². The van der Waals surface area contributed by atoms with Gasteiger partial charge in [0.1, 0.15) is 11.2 Å². The number of fused-ring (bicyclic) bond motifs is 11. The molecule has 6 nitrogen and oxygen atoms in total. The number of nitrogens with zero attached hydrogens (tertiary/aromatic N) is 5. The second kappa shape index (κ2) is 11.5. The number of rotatable bonds is 4. The largest absolute Gasteiger partial charge is 0.455 e. The topological polar surface area (TPSA) is 61.7 Å². The molecule has 0 atom stereocenters. The zero-order valence-corrected chi connectivity index (χ0v) is 29.4. The molecule has 0 radical (unpaired) electrons. The Balaban J connectivity index is 1.12. The molecule has 0 aliphatic heterocycles. The Hall–Kier alpha value is -7.57. The first-order chi connectivity index (χ1) is 27.3. The number of hydrogen-bond acceptors (Lipinski definition) is 4. The Morgan fingerprint density at radius 1 is 0.400 bits per heavy atom. The summed E-state index contributed by atoms with van der Waals surface area (Å²) in [7, 11) is 0. The van der Waals surface area contributed by atoms with E-state index in [-0.39, 0.29) is 0 Å². The van der Waals surface area contributed by atoms with Gasteiger partial charge in [-0.2, -0.15) is 9.97 Å². The molecular weight excluding hydrogens is 675 g/mol. The van der Waals surface area contributed by atoms with Crippen molar-refractivity contribution in [1.82, 2.24) is 24.1 Å². The number of hydrogen-bond donors (Lipinski definition) is 0. The summed E-state index contributed by atoms with van der Waals surface area (Å²) in [6.45, 7) is 0. The van der Waals surface area contributed by atoms with Crippen LogP contribution >= 0.6 is 0 Å². The Labute approximate surface area is 314 Å². The van der Waals surface area contributed by atoms with Crippen molar-refractivity contribution in [2.24, 2.45) is 0 Å². The second-order valence-electron chi connectivity index (χ2n) is 14.0. The fourth-order valence-corrected chi connectivity index (χ4v) is 8.56. The predicted molar refractivity (Wildman–Crippen MR) is 224 cm³/mol. The van der Waals surface area contributed by atoms with E-state index in [9.17, 15) is 0 Å². The fraction of sp³-hybridized carbons (Fsp3) is 0. The van der Waals surface area contributed by atoms with Crippen molar-refractivity contribution in [3.8, 4) is 34.4 Å². The maximum atomic E-state index is 6.66. The minimum absolute atomic E-state index is 0.540. The summed E-state index contributed by atoms with van der Waals surface area (Å²) < 4.78 is 11.2. The predicted octanol–water partition coefficient (Wildman–Crippen LogP) is 12.5. The van der Waals surface area contributed by atoms with E-state index >= 15 is 0 Å². The molecule has 0 N–H and O–H groups in total. The van der Waals surface area contributed by atoms with E-state index in [0.717, 1.165) is 65.9 Å². The third kappa shape index (κ3) is 4.39. The van der Waals surface area contributed by atoms with Crippen molar-refractivity contribution < 1.29 is 4.42 Å². The third-order valence-corrected chi connectivity index (χ3v) is 11.0. The standard InChI is InChI=1S/C49H29N5O/c1-2-14-31(15-3-1)47-50-48(38-21-12-20-37-45-33-16-5-4-13-30(33)25-28-44(45)55-46(37)38)52-49(51-47)54-42-24-11-8-19-36(42)39-29-32(26-27-43(39)54)53-40-22-9-6-17-34(40)35-18-7-10-23-41(35)53/h1-29H. The van der Waals surface area contributed by atoms with Gasteiger partial charge in [-0.15, -0.1) is 0 Å². The normalized spacial score (nSPS) is 12.0. The number of furan rings is 1. The van der Waals surface area contributed by atoms with Crippen LogP contribution in [0.3, 0.4) is 0 Å². The molecule has 0 fully saturated rings. The highest BCUT2D eigenvalue weighted by molar-refractivity contribution is 6.20. The third-order valence-electron chi connectivity index (χ3n) is 11.0. The van der Waals surface area contributed by atoms with E-state index in [2.05, 4.69) is 149 Å². The minimum Gasteiger partial charge on any atom is -0.455 e. The Bertz CT molecular complexity index is 3450. The maximum Gasteiger partial charge on any atom is 0.238 e. The van der Waals surface area contributed by atoms with Crippen LogP contribution in [-0.2, 0) is 0 Å². The average Bonchev–Trinajstić information content (AvgIpc) is 3.92. The van der Waals surface area contributed by atoms with Gasteiger partial charge in [-0.25, -0.2) is 4.98 Å². The molecule has 0 bridgehead atoms. The molecule has 0 amide bonds. The van der Waals surface area contributed by atoms with Gasteiger partial charge in [-0.3, -0.25) is 4.57 Å². The molecule has 0 saturated carbocycles. The lowest BCUT2D eigenvalue weighted by molar-refractivity contribution is 0.669.